The Morgan fingerprint density at radius 1 is 1.62 bits per heavy atom. The second-order valence-electron chi connectivity index (χ2n) is 1.54. The van der Waals surface area contributed by atoms with E-state index in [0.29, 0.717) is 0 Å². The minimum absolute atomic E-state index is 0.758. The maximum atomic E-state index is 5.24. The van der Waals surface area contributed by atoms with Crippen LogP contribution in [0, 0.1) is 0 Å². The fourth-order valence-electron chi connectivity index (χ4n) is 0.400. The minimum atomic E-state index is 0.758. The fraction of sp³-hybridized carbons (Fsp3) is 0.667. The van der Waals surface area contributed by atoms with E-state index in [2.05, 4.69) is 4.74 Å². The predicted octanol–water partition coefficient (Wildman–Crippen LogP) is 0.885. The topological polar surface area (TPSA) is 35.2 Å². The second-order valence-corrected chi connectivity index (χ2v) is 1.54. The molecular formula is C6H13NO. The first-order chi connectivity index (χ1) is 3.91. The van der Waals surface area contributed by atoms with E-state index in [-0.39, 0.29) is 0 Å². The molecule has 0 aliphatic rings. The summed E-state index contributed by atoms with van der Waals surface area (Å²) in [5.41, 5.74) is 5.24. The van der Waals surface area contributed by atoms with E-state index in [0.717, 1.165) is 19.4 Å². The quantitative estimate of drug-likeness (QED) is 0.436. The van der Waals surface area contributed by atoms with Crippen molar-refractivity contribution in [2.24, 2.45) is 5.73 Å². The zero-order valence-corrected chi connectivity index (χ0v) is 5.26. The van der Waals surface area contributed by atoms with Gasteiger partial charge in [0.15, 0.2) is 0 Å². The summed E-state index contributed by atoms with van der Waals surface area (Å²) in [6.07, 6.45) is 5.70. The average molecular weight is 115 g/mol. The highest BCUT2D eigenvalue weighted by Gasteiger charge is 1.74. The lowest BCUT2D eigenvalue weighted by atomic mass is 10.3. The van der Waals surface area contributed by atoms with Crippen LogP contribution in [0.5, 0.6) is 0 Å². The number of hydrogen-bond donors (Lipinski definition) is 1. The van der Waals surface area contributed by atoms with Crippen LogP contribution in [-0.4, -0.2) is 13.7 Å². The monoisotopic (exact) mass is 115 g/mol. The molecule has 48 valence electrons. The molecule has 0 saturated heterocycles. The van der Waals surface area contributed by atoms with E-state index in [1.165, 1.54) is 0 Å². The Labute approximate surface area is 50.3 Å². The largest absolute Gasteiger partial charge is 0.505 e. The van der Waals surface area contributed by atoms with E-state index in [1.54, 1.807) is 13.4 Å². The van der Waals surface area contributed by atoms with Gasteiger partial charge in [-0.15, -0.1) is 0 Å². The van der Waals surface area contributed by atoms with E-state index in [1.807, 2.05) is 6.08 Å². The van der Waals surface area contributed by atoms with Crippen LogP contribution < -0.4 is 5.73 Å². The SMILES string of the molecule is CO/C=C\CCCN. The van der Waals surface area contributed by atoms with Crippen molar-refractivity contribution in [2.45, 2.75) is 12.8 Å². The average Bonchev–Trinajstić information content (AvgIpc) is 1.81. The van der Waals surface area contributed by atoms with Gasteiger partial charge in [0.1, 0.15) is 0 Å². The van der Waals surface area contributed by atoms with Crippen molar-refractivity contribution in [1.82, 2.24) is 0 Å². The molecule has 0 fully saturated rings. The molecule has 0 saturated carbocycles. The molecule has 0 bridgehead atoms. The number of hydrogen-bond acceptors (Lipinski definition) is 2. The molecule has 0 aromatic carbocycles. The zero-order chi connectivity index (χ0) is 6.24. The number of rotatable bonds is 4. The van der Waals surface area contributed by atoms with Gasteiger partial charge in [0.25, 0.3) is 0 Å². The first-order valence-corrected chi connectivity index (χ1v) is 2.79. The third kappa shape index (κ3) is 5.50. The Balaban J connectivity index is 2.80. The number of allylic oxidation sites excluding steroid dienone is 1. The molecular weight excluding hydrogens is 102 g/mol. The molecule has 0 aliphatic carbocycles. The van der Waals surface area contributed by atoms with Crippen molar-refractivity contribution in [2.75, 3.05) is 13.7 Å². The molecule has 0 aromatic rings. The first kappa shape index (κ1) is 7.50. The smallest absolute Gasteiger partial charge is 0.0784 e. The van der Waals surface area contributed by atoms with E-state index in [9.17, 15) is 0 Å². The molecule has 0 spiro atoms. The van der Waals surface area contributed by atoms with Crippen LogP contribution in [0.15, 0.2) is 12.3 Å². The third-order valence-corrected chi connectivity index (χ3v) is 0.807. The zero-order valence-electron chi connectivity index (χ0n) is 5.26. The molecule has 8 heavy (non-hydrogen) atoms. The first-order valence-electron chi connectivity index (χ1n) is 2.79. The van der Waals surface area contributed by atoms with Gasteiger partial charge in [-0.25, -0.2) is 0 Å². The van der Waals surface area contributed by atoms with Gasteiger partial charge in [0, 0.05) is 0 Å². The summed E-state index contributed by atoms with van der Waals surface area (Å²) in [5.74, 6) is 0. The van der Waals surface area contributed by atoms with Crippen LogP contribution in [0.3, 0.4) is 0 Å². The lowest BCUT2D eigenvalue weighted by molar-refractivity contribution is 0.336. The van der Waals surface area contributed by atoms with Crippen molar-refractivity contribution < 1.29 is 4.74 Å². The van der Waals surface area contributed by atoms with Gasteiger partial charge >= 0.3 is 0 Å². The number of ether oxygens (including phenoxy) is 1. The molecule has 0 radical (unpaired) electrons. The maximum absolute atomic E-state index is 5.24. The van der Waals surface area contributed by atoms with E-state index in [4.69, 9.17) is 5.73 Å². The molecule has 0 aliphatic heterocycles. The van der Waals surface area contributed by atoms with Crippen molar-refractivity contribution in [3.63, 3.8) is 0 Å². The summed E-state index contributed by atoms with van der Waals surface area (Å²) in [6.45, 7) is 0.758. The highest BCUT2D eigenvalue weighted by Crippen LogP contribution is 1.86. The molecule has 0 heterocycles. The van der Waals surface area contributed by atoms with Crippen molar-refractivity contribution in [3.8, 4) is 0 Å². The molecule has 0 atom stereocenters. The lowest BCUT2D eigenvalue weighted by Gasteiger charge is -1.87. The summed E-state index contributed by atoms with van der Waals surface area (Å²) < 4.78 is 4.67. The van der Waals surface area contributed by atoms with Gasteiger partial charge in [-0.2, -0.15) is 0 Å². The highest BCUT2D eigenvalue weighted by molar-refractivity contribution is 4.72. The third-order valence-electron chi connectivity index (χ3n) is 0.807. The normalized spacial score (nSPS) is 10.2. The van der Waals surface area contributed by atoms with Crippen LogP contribution in [0.2, 0.25) is 0 Å². The second kappa shape index (κ2) is 6.50. The van der Waals surface area contributed by atoms with Gasteiger partial charge in [-0.05, 0) is 25.5 Å². The van der Waals surface area contributed by atoms with Crippen LogP contribution >= 0.6 is 0 Å². The maximum Gasteiger partial charge on any atom is 0.0784 e. The van der Waals surface area contributed by atoms with Crippen LogP contribution in [0.4, 0.5) is 0 Å². The molecule has 2 heteroatoms. The van der Waals surface area contributed by atoms with Gasteiger partial charge < -0.3 is 10.5 Å². The molecule has 2 N–H and O–H groups in total. The number of unbranched alkanes of at least 4 members (excludes halogenated alkanes) is 1. The fourth-order valence-corrected chi connectivity index (χ4v) is 0.400. The lowest BCUT2D eigenvalue weighted by Crippen LogP contribution is -1.96. The summed E-state index contributed by atoms with van der Waals surface area (Å²) in [5, 5.41) is 0. The Hall–Kier alpha value is -0.500. The molecule has 0 aromatic heterocycles. The predicted molar refractivity (Wildman–Crippen MR) is 34.4 cm³/mol. The van der Waals surface area contributed by atoms with Crippen LogP contribution in [0.1, 0.15) is 12.8 Å². The van der Waals surface area contributed by atoms with Gasteiger partial charge in [0.2, 0.25) is 0 Å². The van der Waals surface area contributed by atoms with Gasteiger partial charge in [-0.3, -0.25) is 0 Å². The Morgan fingerprint density at radius 2 is 2.38 bits per heavy atom. The summed E-state index contributed by atoms with van der Waals surface area (Å²) >= 11 is 0. The summed E-state index contributed by atoms with van der Waals surface area (Å²) in [6, 6.07) is 0. The number of methoxy groups -OCH3 is 1. The Bertz CT molecular complexity index is 61.5. The summed E-state index contributed by atoms with van der Waals surface area (Å²) in [4.78, 5) is 0. The van der Waals surface area contributed by atoms with Crippen molar-refractivity contribution >= 4 is 0 Å². The van der Waals surface area contributed by atoms with Gasteiger partial charge in [0.05, 0.1) is 13.4 Å². The molecule has 2 nitrogen and oxygen atoms in total. The minimum Gasteiger partial charge on any atom is -0.505 e. The van der Waals surface area contributed by atoms with Crippen molar-refractivity contribution in [3.05, 3.63) is 12.3 Å². The van der Waals surface area contributed by atoms with Crippen LogP contribution in [0.25, 0.3) is 0 Å². The number of nitrogens with two attached hydrogens (primary N) is 1. The van der Waals surface area contributed by atoms with E-state index >= 15 is 0 Å². The van der Waals surface area contributed by atoms with E-state index < -0.39 is 0 Å². The standard InChI is InChI=1S/C6H13NO/c1-8-6-4-2-3-5-7/h4,6H,2-3,5,7H2,1H3/b6-4-. The summed E-state index contributed by atoms with van der Waals surface area (Å²) in [7, 11) is 1.64. The van der Waals surface area contributed by atoms with Crippen LogP contribution in [-0.2, 0) is 4.74 Å². The van der Waals surface area contributed by atoms with Crippen molar-refractivity contribution in [1.29, 1.82) is 0 Å². The Morgan fingerprint density at radius 3 is 2.88 bits per heavy atom. The molecule has 0 amide bonds. The highest BCUT2D eigenvalue weighted by atomic mass is 16.5. The molecule has 0 rings (SSSR count). The van der Waals surface area contributed by atoms with Gasteiger partial charge in [-0.1, -0.05) is 0 Å². The molecule has 0 unspecified atom stereocenters. The Kier molecular flexibility index (Phi) is 6.09.